The van der Waals surface area contributed by atoms with Gasteiger partial charge in [0.05, 0.1) is 24.3 Å². The zero-order valence-corrected chi connectivity index (χ0v) is 10.4. The van der Waals surface area contributed by atoms with Crippen molar-refractivity contribution in [3.05, 3.63) is 24.6 Å². The van der Waals surface area contributed by atoms with Crippen LogP contribution in [0.4, 0.5) is 5.82 Å². The summed E-state index contributed by atoms with van der Waals surface area (Å²) < 4.78 is 10.5. The van der Waals surface area contributed by atoms with Gasteiger partial charge in [-0.25, -0.2) is 4.98 Å². The number of anilines is 1. The van der Waals surface area contributed by atoms with Crippen LogP contribution in [0.3, 0.4) is 0 Å². The van der Waals surface area contributed by atoms with E-state index in [2.05, 4.69) is 10.3 Å². The van der Waals surface area contributed by atoms with Crippen molar-refractivity contribution in [1.29, 1.82) is 0 Å². The number of methoxy groups -OCH3 is 1. The zero-order chi connectivity index (χ0) is 12.1. The largest absolute Gasteiger partial charge is 0.464 e. The van der Waals surface area contributed by atoms with Gasteiger partial charge >= 0.3 is 0 Å². The summed E-state index contributed by atoms with van der Waals surface area (Å²) in [5.41, 5.74) is 0.824. The third kappa shape index (κ3) is 2.90. The summed E-state index contributed by atoms with van der Waals surface area (Å²) in [4.78, 5) is 4.31. The second-order valence-corrected chi connectivity index (χ2v) is 4.14. The first-order chi connectivity index (χ1) is 8.35. The van der Waals surface area contributed by atoms with Crippen molar-refractivity contribution < 1.29 is 9.15 Å². The Hall–Kier alpha value is -1.26. The van der Waals surface area contributed by atoms with Crippen LogP contribution in [0.1, 0.15) is 6.42 Å². The van der Waals surface area contributed by atoms with Crippen LogP contribution >= 0.6 is 11.6 Å². The maximum atomic E-state index is 5.76. The minimum Gasteiger partial charge on any atom is -0.464 e. The number of aromatic nitrogens is 1. The summed E-state index contributed by atoms with van der Waals surface area (Å²) in [6.07, 6.45) is 4.20. The van der Waals surface area contributed by atoms with E-state index in [1.54, 1.807) is 19.6 Å². The monoisotopic (exact) mass is 254 g/mol. The lowest BCUT2D eigenvalue weighted by Gasteiger charge is -2.17. The Labute approximate surface area is 105 Å². The quantitative estimate of drug-likeness (QED) is 0.806. The van der Waals surface area contributed by atoms with E-state index in [0.29, 0.717) is 12.5 Å². The summed E-state index contributed by atoms with van der Waals surface area (Å²) in [5.74, 6) is 1.39. The van der Waals surface area contributed by atoms with Crippen LogP contribution in [0, 0.1) is 0 Å². The van der Waals surface area contributed by atoms with Crippen molar-refractivity contribution >= 4 is 28.4 Å². The summed E-state index contributed by atoms with van der Waals surface area (Å²) in [7, 11) is 1.68. The Kier molecular flexibility index (Phi) is 4.23. The van der Waals surface area contributed by atoms with Gasteiger partial charge in [0.25, 0.3) is 0 Å². The number of hydrogen-bond acceptors (Lipinski definition) is 4. The Morgan fingerprint density at radius 1 is 1.53 bits per heavy atom. The number of hydrogen-bond donors (Lipinski definition) is 1. The van der Waals surface area contributed by atoms with Crippen LogP contribution in [0.2, 0.25) is 0 Å². The molecule has 0 amide bonds. The number of ether oxygens (including phenoxy) is 1. The van der Waals surface area contributed by atoms with Crippen molar-refractivity contribution in [2.75, 3.05) is 24.9 Å². The van der Waals surface area contributed by atoms with Crippen molar-refractivity contribution in [3.63, 3.8) is 0 Å². The number of pyridine rings is 1. The van der Waals surface area contributed by atoms with Gasteiger partial charge in [0, 0.05) is 19.2 Å². The highest BCUT2D eigenvalue weighted by Gasteiger charge is 2.11. The third-order valence-electron chi connectivity index (χ3n) is 2.55. The van der Waals surface area contributed by atoms with E-state index < -0.39 is 0 Å². The molecule has 92 valence electrons. The van der Waals surface area contributed by atoms with E-state index in [4.69, 9.17) is 20.8 Å². The van der Waals surface area contributed by atoms with Gasteiger partial charge in [0.2, 0.25) is 0 Å². The molecule has 1 N–H and O–H groups in total. The molecule has 0 saturated heterocycles. The molecular weight excluding hydrogens is 240 g/mol. The molecule has 2 heterocycles. The van der Waals surface area contributed by atoms with Crippen LogP contribution in [0.5, 0.6) is 0 Å². The van der Waals surface area contributed by atoms with Crippen molar-refractivity contribution in [2.24, 2.45) is 0 Å². The maximum Gasteiger partial charge on any atom is 0.139 e. The molecule has 0 aliphatic carbocycles. The number of rotatable bonds is 6. The highest BCUT2D eigenvalue weighted by molar-refractivity contribution is 6.17. The minimum absolute atomic E-state index is 0.158. The van der Waals surface area contributed by atoms with Gasteiger partial charge in [-0.1, -0.05) is 0 Å². The first-order valence-corrected chi connectivity index (χ1v) is 6.02. The molecule has 1 atom stereocenters. The van der Waals surface area contributed by atoms with Crippen LogP contribution in [-0.4, -0.2) is 30.6 Å². The van der Waals surface area contributed by atoms with Gasteiger partial charge < -0.3 is 14.5 Å². The molecule has 0 saturated carbocycles. The van der Waals surface area contributed by atoms with Gasteiger partial charge in [-0.05, 0) is 18.6 Å². The van der Waals surface area contributed by atoms with E-state index in [9.17, 15) is 0 Å². The Balaban J connectivity index is 2.18. The molecule has 5 heteroatoms. The highest BCUT2D eigenvalue weighted by Crippen LogP contribution is 2.22. The molecule has 2 aromatic rings. The Morgan fingerprint density at radius 3 is 3.18 bits per heavy atom. The van der Waals surface area contributed by atoms with Gasteiger partial charge in [-0.15, -0.1) is 11.6 Å². The van der Waals surface area contributed by atoms with Crippen LogP contribution < -0.4 is 5.32 Å². The molecular formula is C12H15ClN2O2. The Morgan fingerprint density at radius 2 is 2.41 bits per heavy atom. The number of alkyl halides is 1. The van der Waals surface area contributed by atoms with E-state index in [-0.39, 0.29) is 6.04 Å². The van der Waals surface area contributed by atoms with E-state index in [1.165, 1.54) is 0 Å². The van der Waals surface area contributed by atoms with Crippen LogP contribution in [0.25, 0.3) is 11.0 Å². The smallest absolute Gasteiger partial charge is 0.139 e. The predicted octanol–water partition coefficient (Wildman–Crippen LogP) is 2.88. The van der Waals surface area contributed by atoms with E-state index in [0.717, 1.165) is 23.2 Å². The lowest BCUT2D eigenvalue weighted by molar-refractivity contribution is 0.184. The highest BCUT2D eigenvalue weighted by atomic mass is 35.5. The SMILES string of the molecule is COCC(CCCl)Nc1nccc2occc12. The zero-order valence-electron chi connectivity index (χ0n) is 9.65. The lowest BCUT2D eigenvalue weighted by Crippen LogP contribution is -2.26. The van der Waals surface area contributed by atoms with E-state index in [1.807, 2.05) is 12.1 Å². The second kappa shape index (κ2) is 5.89. The number of nitrogens with one attached hydrogen (secondary N) is 1. The molecule has 0 radical (unpaired) electrons. The fourth-order valence-electron chi connectivity index (χ4n) is 1.73. The normalized spacial score (nSPS) is 12.8. The third-order valence-corrected chi connectivity index (χ3v) is 2.76. The summed E-state index contributed by atoms with van der Waals surface area (Å²) in [5, 5.41) is 4.30. The Bertz CT molecular complexity index is 466. The predicted molar refractivity (Wildman–Crippen MR) is 68.6 cm³/mol. The minimum atomic E-state index is 0.158. The summed E-state index contributed by atoms with van der Waals surface area (Å²) in [6, 6.07) is 3.90. The number of nitrogens with zero attached hydrogens (tertiary/aromatic N) is 1. The van der Waals surface area contributed by atoms with Crippen molar-refractivity contribution in [2.45, 2.75) is 12.5 Å². The maximum absolute atomic E-state index is 5.76. The summed E-state index contributed by atoms with van der Waals surface area (Å²) in [6.45, 7) is 0.600. The fourth-order valence-corrected chi connectivity index (χ4v) is 2.00. The first kappa shape index (κ1) is 12.2. The fraction of sp³-hybridized carbons (Fsp3) is 0.417. The standard InChI is InChI=1S/C12H15ClN2O2/c1-16-8-9(2-5-13)15-12-10-4-7-17-11(10)3-6-14-12/h3-4,6-7,9H,2,5,8H2,1H3,(H,14,15). The average Bonchev–Trinajstić information content (AvgIpc) is 2.79. The molecule has 1 unspecified atom stereocenters. The molecule has 17 heavy (non-hydrogen) atoms. The van der Waals surface area contributed by atoms with Crippen LogP contribution in [0.15, 0.2) is 29.0 Å². The molecule has 0 aliphatic heterocycles. The molecule has 0 spiro atoms. The molecule has 0 aromatic carbocycles. The van der Waals surface area contributed by atoms with Crippen LogP contribution in [-0.2, 0) is 4.74 Å². The van der Waals surface area contributed by atoms with Gasteiger partial charge in [-0.3, -0.25) is 0 Å². The summed E-state index contributed by atoms with van der Waals surface area (Å²) >= 11 is 5.76. The molecule has 2 rings (SSSR count). The first-order valence-electron chi connectivity index (χ1n) is 5.49. The molecule has 2 aromatic heterocycles. The number of furan rings is 1. The molecule has 0 fully saturated rings. The number of halogens is 1. The van der Waals surface area contributed by atoms with Gasteiger partial charge in [-0.2, -0.15) is 0 Å². The molecule has 0 bridgehead atoms. The van der Waals surface area contributed by atoms with Gasteiger partial charge in [0.1, 0.15) is 11.4 Å². The number of fused-ring (bicyclic) bond motifs is 1. The molecule has 0 aliphatic rings. The van der Waals surface area contributed by atoms with Crippen molar-refractivity contribution in [1.82, 2.24) is 4.98 Å². The average molecular weight is 255 g/mol. The molecule has 4 nitrogen and oxygen atoms in total. The lowest BCUT2D eigenvalue weighted by atomic mass is 10.2. The van der Waals surface area contributed by atoms with E-state index >= 15 is 0 Å². The topological polar surface area (TPSA) is 47.3 Å². The van der Waals surface area contributed by atoms with Gasteiger partial charge in [0.15, 0.2) is 0 Å². The second-order valence-electron chi connectivity index (χ2n) is 3.77. The van der Waals surface area contributed by atoms with Crippen molar-refractivity contribution in [3.8, 4) is 0 Å².